The standard InChI is InChI=1S/C42H30O12.C38H30O8.C34H22O8/c43-37(44)7-1-25-13-26(2-8-38(45)46)17-31(16-25)34-22-35(32-18-27(3-9-39(47)48)14-28(19-32)4-10-40(49)50)24-36(23-34)33-20-29(5-11-41(51)52)15-30(21-33)6-12-42(53)54;1-23-15-29(7-9-33(23)31-19-25(3-11-35(39)40)17-26(20-31)4-12-36(41)42)30-8-10-34(24(2)16-30)32-21-27(5-13-37(43)44)18-28(22-32)6-14-38(45)46;35-31(36)13-9-27-17-25(18-28(21-27)10-14-32(37)38)7-5-23-1-2-24(4-3-23)6-8-26-19-29(11-15-33(39)40)22-30(20-26)12-16-34(41)42/h1-24H,(H,43,44)(H,45,46)(H,47,48)(H,49,50)(H,51,52)(H,53,54);3-22H,1-2H3,(H,39,40)(H,41,42)(H,43,44)(H,45,46);1-4,9-22H,(H,35,36)(H,37,38)(H,39,40)(H,41,42)/b7-1+,8-2+,9-3+,10-4+,11-5+,12-6+;11-3+,12-4+,13-5+,14-6+;13-9+,14-10+,15-11+,16-12+. The molecular weight excluding hydrogens is 1820 g/mol. The molecule has 28 nitrogen and oxygen atoms in total. The molecule has 0 amide bonds. The fourth-order valence-electron chi connectivity index (χ4n) is 13.8. The Morgan fingerprint density at radius 3 is 0.451 bits per heavy atom. The molecule has 706 valence electrons. The third kappa shape index (κ3) is 36.1. The van der Waals surface area contributed by atoms with E-state index in [9.17, 15) is 97.8 Å². The Bertz CT molecular complexity index is 6660. The van der Waals surface area contributed by atoms with Gasteiger partial charge in [-0.2, -0.15) is 0 Å². The molecule has 11 aromatic carbocycles. The van der Waals surface area contributed by atoms with Crippen LogP contribution in [0, 0.1) is 37.5 Å². The number of rotatable bonds is 34. The highest BCUT2D eigenvalue weighted by atomic mass is 16.4. The predicted molar refractivity (Wildman–Crippen MR) is 540 cm³/mol. The molecule has 14 N–H and O–H groups in total. The molecule has 0 aliphatic heterocycles. The van der Waals surface area contributed by atoms with Crippen LogP contribution in [-0.2, 0) is 67.1 Å². The van der Waals surface area contributed by atoms with Gasteiger partial charge in [-0.3, -0.25) is 0 Å². The quantitative estimate of drug-likeness (QED) is 0.0132. The summed E-state index contributed by atoms with van der Waals surface area (Å²) >= 11 is 0. The molecule has 0 aliphatic rings. The molecule has 0 heterocycles. The first-order chi connectivity index (χ1) is 67.5. The maximum absolute atomic E-state index is 11.3. The number of carboxylic acids is 14. The van der Waals surface area contributed by atoms with Crippen molar-refractivity contribution in [2.45, 2.75) is 13.8 Å². The Labute approximate surface area is 809 Å². The lowest BCUT2D eigenvalue weighted by molar-refractivity contribution is -0.132. The monoisotopic (exact) mass is 1900 g/mol. The van der Waals surface area contributed by atoms with Gasteiger partial charge >= 0.3 is 83.6 Å². The van der Waals surface area contributed by atoms with Crippen LogP contribution in [-0.4, -0.2) is 155 Å². The maximum atomic E-state index is 11.3. The summed E-state index contributed by atoms with van der Waals surface area (Å²) in [6.07, 6.45) is 33.0. The minimum Gasteiger partial charge on any atom is -0.478 e. The van der Waals surface area contributed by atoms with E-state index in [1.165, 1.54) is 85.1 Å². The SMILES string of the molecule is Cc1cc(-c2ccc(-c3cc(/C=C/C(=O)O)cc(/C=C/C(=O)O)c3)c(C)c2)ccc1-c1cc(/C=C/C(=O)O)cc(/C=C/C(=O)O)c1.O=C(O)/C=C/c1cc(/C=C/C(=O)O)cc(-c2cc(-c3cc(/C=C/C(=O)O)cc(/C=C/C(=O)O)c3)cc(-c3cc(/C=C/C(=O)O)cc(/C=C/C(=O)O)c3)c2)c1.O=C(O)/C=C/c1cc(C#Cc2ccc(C#Cc3cc(/C=C/C(=O)O)cc(/C=C/C(=O)O)c3)cc2)cc(/C=C/C(=O)O)c1. The topological polar surface area (TPSA) is 522 Å². The van der Waals surface area contributed by atoms with Gasteiger partial charge in [0.2, 0.25) is 0 Å². The Morgan fingerprint density at radius 2 is 0.296 bits per heavy atom. The number of hydrogen-bond acceptors (Lipinski definition) is 14. The minimum absolute atomic E-state index is 0.427. The van der Waals surface area contributed by atoms with Gasteiger partial charge < -0.3 is 71.5 Å². The molecule has 0 bridgehead atoms. The van der Waals surface area contributed by atoms with E-state index in [2.05, 4.69) is 23.7 Å². The average molecular weight is 1900 g/mol. The average Bonchev–Trinajstić information content (AvgIpc) is 0.777. The fraction of sp³-hybridized carbons (Fsp3) is 0.0175. The van der Waals surface area contributed by atoms with Crippen molar-refractivity contribution in [1.29, 1.82) is 0 Å². The second kappa shape index (κ2) is 51.1. The Balaban J connectivity index is 0.000000240. The number of carbonyl (C=O) groups is 14. The summed E-state index contributed by atoms with van der Waals surface area (Å²) in [6.45, 7) is 3.93. The smallest absolute Gasteiger partial charge is 0.328 e. The molecule has 0 atom stereocenters. The predicted octanol–water partition coefficient (Wildman–Crippen LogP) is 19.8. The van der Waals surface area contributed by atoms with E-state index in [1.54, 1.807) is 146 Å². The van der Waals surface area contributed by atoms with Gasteiger partial charge in [0.1, 0.15) is 0 Å². The molecule has 0 aliphatic carbocycles. The van der Waals surface area contributed by atoms with Gasteiger partial charge in [0, 0.05) is 107 Å². The van der Waals surface area contributed by atoms with Crippen LogP contribution in [0.1, 0.15) is 111 Å². The van der Waals surface area contributed by atoms with Crippen molar-refractivity contribution in [3.05, 3.63) is 403 Å². The first-order valence-corrected chi connectivity index (χ1v) is 41.9. The lowest BCUT2D eigenvalue weighted by Gasteiger charge is -2.15. The summed E-state index contributed by atoms with van der Waals surface area (Å²) in [5.41, 5.74) is 20.1. The second-order valence-electron chi connectivity index (χ2n) is 30.6. The van der Waals surface area contributed by atoms with E-state index < -0.39 is 83.6 Å². The number of aryl methyl sites for hydroxylation is 2. The highest BCUT2D eigenvalue weighted by Crippen LogP contribution is 2.39. The van der Waals surface area contributed by atoms with E-state index in [4.69, 9.17) is 40.9 Å². The highest BCUT2D eigenvalue weighted by Gasteiger charge is 2.17. The second-order valence-corrected chi connectivity index (χ2v) is 30.6. The van der Waals surface area contributed by atoms with Crippen LogP contribution in [0.2, 0.25) is 0 Å². The summed E-state index contributed by atoms with van der Waals surface area (Å²) in [4.78, 5) is 156. The van der Waals surface area contributed by atoms with Crippen molar-refractivity contribution in [2.75, 3.05) is 0 Å². The van der Waals surface area contributed by atoms with E-state index in [0.717, 1.165) is 130 Å². The summed E-state index contributed by atoms with van der Waals surface area (Å²) < 4.78 is 0. The lowest BCUT2D eigenvalue weighted by Crippen LogP contribution is -1.92. The van der Waals surface area contributed by atoms with Gasteiger partial charge in [0.15, 0.2) is 0 Å². The summed E-state index contributed by atoms with van der Waals surface area (Å²) in [7, 11) is 0. The Morgan fingerprint density at radius 1 is 0.155 bits per heavy atom. The first-order valence-electron chi connectivity index (χ1n) is 41.9. The zero-order valence-electron chi connectivity index (χ0n) is 74.8. The molecule has 142 heavy (non-hydrogen) atoms. The van der Waals surface area contributed by atoms with Gasteiger partial charge in [-0.25, -0.2) is 67.1 Å². The Kier molecular flexibility index (Phi) is 37.8. The van der Waals surface area contributed by atoms with Gasteiger partial charge in [-0.1, -0.05) is 60.1 Å². The third-order valence-corrected chi connectivity index (χ3v) is 19.6. The molecule has 0 fully saturated rings. The molecule has 0 unspecified atom stereocenters. The summed E-state index contributed by atoms with van der Waals surface area (Å²) in [5.74, 6) is -4.02. The molecule has 0 spiro atoms. The molecule has 0 radical (unpaired) electrons. The van der Waals surface area contributed by atoms with Crippen LogP contribution < -0.4 is 0 Å². The van der Waals surface area contributed by atoms with Gasteiger partial charge in [-0.05, 0) is 425 Å². The molecular formula is C114H82O28. The molecule has 28 heteroatoms. The van der Waals surface area contributed by atoms with Crippen LogP contribution in [0.15, 0.2) is 291 Å². The lowest BCUT2D eigenvalue weighted by atomic mass is 9.90. The molecule has 11 aromatic rings. The zero-order chi connectivity index (χ0) is 103. The van der Waals surface area contributed by atoms with E-state index >= 15 is 0 Å². The fourth-order valence-corrected chi connectivity index (χ4v) is 13.8. The highest BCUT2D eigenvalue weighted by molar-refractivity contribution is 5.97. The largest absolute Gasteiger partial charge is 0.478 e. The van der Waals surface area contributed by atoms with Crippen LogP contribution in [0.25, 0.3) is 152 Å². The zero-order valence-corrected chi connectivity index (χ0v) is 74.8. The van der Waals surface area contributed by atoms with Crippen molar-refractivity contribution >= 4 is 169 Å². The minimum atomic E-state index is -1.21. The number of aliphatic carboxylic acids is 14. The van der Waals surface area contributed by atoms with Crippen molar-refractivity contribution in [1.82, 2.24) is 0 Å². The molecule has 0 saturated heterocycles. The Hall–Kier alpha value is -20.5. The van der Waals surface area contributed by atoms with Gasteiger partial charge in [0.05, 0.1) is 0 Å². The van der Waals surface area contributed by atoms with Crippen LogP contribution >= 0.6 is 0 Å². The van der Waals surface area contributed by atoms with Gasteiger partial charge in [0.25, 0.3) is 0 Å². The van der Waals surface area contributed by atoms with Crippen LogP contribution in [0.4, 0.5) is 0 Å². The van der Waals surface area contributed by atoms with Crippen molar-refractivity contribution in [2.24, 2.45) is 0 Å². The van der Waals surface area contributed by atoms with E-state index in [-0.39, 0.29) is 0 Å². The third-order valence-electron chi connectivity index (χ3n) is 19.6. The van der Waals surface area contributed by atoms with E-state index in [0.29, 0.717) is 134 Å². The van der Waals surface area contributed by atoms with Crippen molar-refractivity contribution < 1.29 is 139 Å². The molecule has 11 rings (SSSR count). The molecule has 0 saturated carbocycles. The van der Waals surface area contributed by atoms with Crippen LogP contribution in [0.3, 0.4) is 0 Å². The van der Waals surface area contributed by atoms with Crippen LogP contribution in [0.5, 0.6) is 0 Å². The normalized spacial score (nSPS) is 11.5. The maximum Gasteiger partial charge on any atom is 0.328 e. The number of carboxylic acid groups (broad SMARTS) is 14. The number of hydrogen-bond donors (Lipinski definition) is 14. The summed E-state index contributed by atoms with van der Waals surface area (Å²) in [6, 6.07) is 60.1. The van der Waals surface area contributed by atoms with Crippen molar-refractivity contribution in [3.8, 4) is 90.4 Å². The van der Waals surface area contributed by atoms with E-state index in [1.807, 2.05) is 74.5 Å². The molecule has 0 aromatic heterocycles. The van der Waals surface area contributed by atoms with Gasteiger partial charge in [-0.15, -0.1) is 0 Å². The number of benzene rings is 11. The van der Waals surface area contributed by atoms with Crippen molar-refractivity contribution in [3.63, 3.8) is 0 Å². The first kappa shape index (κ1) is 105. The summed E-state index contributed by atoms with van der Waals surface area (Å²) in [5, 5.41) is 128.